The molecule has 1 aliphatic rings. The van der Waals surface area contributed by atoms with Crippen LogP contribution in [-0.2, 0) is 6.54 Å². The Morgan fingerprint density at radius 1 is 1.40 bits per heavy atom. The molecule has 1 aromatic rings. The summed E-state index contributed by atoms with van der Waals surface area (Å²) in [6.07, 6.45) is 2.59. The molecule has 1 aromatic carbocycles. The van der Waals surface area contributed by atoms with Crippen LogP contribution in [0.3, 0.4) is 0 Å². The first kappa shape index (κ1) is 15.0. The lowest BCUT2D eigenvalue weighted by Crippen LogP contribution is -2.38. The number of aromatic carboxylic acids is 1. The lowest BCUT2D eigenvalue weighted by atomic mass is 10.1. The number of benzene rings is 1. The Morgan fingerprint density at radius 3 is 2.70 bits per heavy atom. The quantitative estimate of drug-likeness (QED) is 0.866. The van der Waals surface area contributed by atoms with Crippen LogP contribution in [-0.4, -0.2) is 53.6 Å². The second kappa shape index (κ2) is 6.86. The molecule has 0 aliphatic carbocycles. The molecule has 110 valence electrons. The van der Waals surface area contributed by atoms with Crippen LogP contribution in [0.15, 0.2) is 24.3 Å². The third-order valence-corrected chi connectivity index (χ3v) is 4.08. The highest BCUT2D eigenvalue weighted by Gasteiger charge is 2.23. The number of carboxylic acid groups (broad SMARTS) is 1. The Bertz CT molecular complexity index is 444. The van der Waals surface area contributed by atoms with Gasteiger partial charge in [0, 0.05) is 19.1 Å². The molecule has 1 atom stereocenters. The Balaban J connectivity index is 1.87. The van der Waals surface area contributed by atoms with Gasteiger partial charge in [0.25, 0.3) is 0 Å². The molecule has 20 heavy (non-hydrogen) atoms. The first-order valence-corrected chi connectivity index (χ1v) is 7.35. The molecule has 0 aromatic heterocycles. The molecule has 4 heteroatoms. The van der Waals surface area contributed by atoms with Gasteiger partial charge in [0.15, 0.2) is 0 Å². The van der Waals surface area contributed by atoms with Crippen molar-refractivity contribution in [2.24, 2.45) is 0 Å². The summed E-state index contributed by atoms with van der Waals surface area (Å²) in [4.78, 5) is 15.7. The first-order valence-electron chi connectivity index (χ1n) is 7.35. The molecule has 1 unspecified atom stereocenters. The van der Waals surface area contributed by atoms with Gasteiger partial charge in [-0.05, 0) is 50.7 Å². The van der Waals surface area contributed by atoms with Crippen LogP contribution in [0.2, 0.25) is 0 Å². The zero-order valence-corrected chi connectivity index (χ0v) is 12.4. The van der Waals surface area contributed by atoms with E-state index >= 15 is 0 Å². The molecule has 1 heterocycles. The summed E-state index contributed by atoms with van der Waals surface area (Å²) >= 11 is 0. The van der Waals surface area contributed by atoms with Crippen molar-refractivity contribution in [2.45, 2.75) is 32.4 Å². The average Bonchev–Trinajstić information content (AvgIpc) is 2.86. The fourth-order valence-electron chi connectivity index (χ4n) is 3.01. The molecule has 1 aliphatic heterocycles. The number of likely N-dealkylation sites (N-methyl/N-ethyl adjacent to an activating group) is 2. The lowest BCUT2D eigenvalue weighted by Gasteiger charge is -2.27. The first-order chi connectivity index (χ1) is 9.60. The average molecular weight is 276 g/mol. The van der Waals surface area contributed by atoms with E-state index in [0.717, 1.165) is 19.6 Å². The molecular weight excluding hydrogens is 252 g/mol. The normalized spacial score (nSPS) is 19.6. The summed E-state index contributed by atoms with van der Waals surface area (Å²) in [6, 6.07) is 7.85. The molecule has 1 N–H and O–H groups in total. The molecule has 4 nitrogen and oxygen atoms in total. The Labute approximate surface area is 121 Å². The van der Waals surface area contributed by atoms with Crippen LogP contribution in [0.5, 0.6) is 0 Å². The largest absolute Gasteiger partial charge is 0.478 e. The van der Waals surface area contributed by atoms with Gasteiger partial charge in [0.05, 0.1) is 5.56 Å². The van der Waals surface area contributed by atoms with E-state index in [-0.39, 0.29) is 0 Å². The number of carbonyl (C=O) groups is 1. The van der Waals surface area contributed by atoms with E-state index in [9.17, 15) is 4.79 Å². The number of likely N-dealkylation sites (tertiary alicyclic amines) is 1. The summed E-state index contributed by atoms with van der Waals surface area (Å²) in [7, 11) is 2.14. The zero-order chi connectivity index (χ0) is 14.5. The maximum Gasteiger partial charge on any atom is 0.335 e. The van der Waals surface area contributed by atoms with Crippen molar-refractivity contribution < 1.29 is 9.90 Å². The Hall–Kier alpha value is -1.39. The molecular formula is C16H24N2O2. The fraction of sp³-hybridized carbons (Fsp3) is 0.562. The van der Waals surface area contributed by atoms with E-state index in [1.54, 1.807) is 12.1 Å². The summed E-state index contributed by atoms with van der Waals surface area (Å²) in [5, 5.41) is 8.89. The van der Waals surface area contributed by atoms with Gasteiger partial charge in [-0.1, -0.05) is 19.1 Å². The molecule has 1 fully saturated rings. The van der Waals surface area contributed by atoms with Gasteiger partial charge in [-0.25, -0.2) is 4.79 Å². The predicted octanol–water partition coefficient (Wildman–Crippen LogP) is 2.30. The lowest BCUT2D eigenvalue weighted by molar-refractivity contribution is 0.0697. The fourth-order valence-corrected chi connectivity index (χ4v) is 3.01. The number of nitrogens with zero attached hydrogens (tertiary/aromatic N) is 2. The van der Waals surface area contributed by atoms with Crippen molar-refractivity contribution in [3.05, 3.63) is 35.4 Å². The predicted molar refractivity (Wildman–Crippen MR) is 80.0 cm³/mol. The molecule has 0 amide bonds. The highest BCUT2D eigenvalue weighted by atomic mass is 16.4. The number of carboxylic acids is 1. The van der Waals surface area contributed by atoms with Crippen molar-refractivity contribution in [3.8, 4) is 0 Å². The van der Waals surface area contributed by atoms with Gasteiger partial charge in [0.1, 0.15) is 0 Å². The van der Waals surface area contributed by atoms with Crippen LogP contribution in [0.25, 0.3) is 0 Å². The van der Waals surface area contributed by atoms with Crippen molar-refractivity contribution >= 4 is 5.97 Å². The van der Waals surface area contributed by atoms with Gasteiger partial charge in [0.2, 0.25) is 0 Å². The Kier molecular flexibility index (Phi) is 5.15. The zero-order valence-electron chi connectivity index (χ0n) is 12.4. The van der Waals surface area contributed by atoms with Crippen LogP contribution in [0.4, 0.5) is 0 Å². The minimum absolute atomic E-state index is 0.351. The van der Waals surface area contributed by atoms with E-state index in [1.165, 1.54) is 24.9 Å². The van der Waals surface area contributed by atoms with E-state index in [4.69, 9.17) is 5.11 Å². The SMILES string of the molecule is CCN1CCCC1CN(C)Cc1ccc(C(=O)O)cc1. The van der Waals surface area contributed by atoms with Crippen molar-refractivity contribution in [1.82, 2.24) is 9.80 Å². The number of rotatable bonds is 6. The van der Waals surface area contributed by atoms with Crippen molar-refractivity contribution in [1.29, 1.82) is 0 Å². The maximum absolute atomic E-state index is 10.8. The van der Waals surface area contributed by atoms with E-state index < -0.39 is 5.97 Å². The second-order valence-corrected chi connectivity index (χ2v) is 5.62. The molecule has 0 spiro atoms. The standard InChI is InChI=1S/C16H24N2O2/c1-3-18-10-4-5-15(18)12-17(2)11-13-6-8-14(9-7-13)16(19)20/h6-9,15H,3-5,10-12H2,1-2H3,(H,19,20). The molecule has 0 bridgehead atoms. The van der Waals surface area contributed by atoms with E-state index in [2.05, 4.69) is 23.8 Å². The van der Waals surface area contributed by atoms with E-state index in [0.29, 0.717) is 11.6 Å². The van der Waals surface area contributed by atoms with Gasteiger partial charge < -0.3 is 10.0 Å². The molecule has 1 saturated heterocycles. The van der Waals surface area contributed by atoms with Crippen LogP contribution in [0.1, 0.15) is 35.7 Å². The third kappa shape index (κ3) is 3.81. The van der Waals surface area contributed by atoms with Crippen molar-refractivity contribution in [2.75, 3.05) is 26.7 Å². The monoisotopic (exact) mass is 276 g/mol. The summed E-state index contributed by atoms with van der Waals surface area (Å²) in [5.41, 5.74) is 1.52. The minimum atomic E-state index is -0.866. The third-order valence-electron chi connectivity index (χ3n) is 4.08. The van der Waals surface area contributed by atoms with Crippen LogP contribution in [0, 0.1) is 0 Å². The Morgan fingerprint density at radius 2 is 2.10 bits per heavy atom. The summed E-state index contributed by atoms with van der Waals surface area (Å²) in [6.45, 7) is 6.53. The number of hydrogen-bond acceptors (Lipinski definition) is 3. The highest BCUT2D eigenvalue weighted by molar-refractivity contribution is 5.87. The maximum atomic E-state index is 10.8. The second-order valence-electron chi connectivity index (χ2n) is 5.62. The van der Waals surface area contributed by atoms with Crippen LogP contribution >= 0.6 is 0 Å². The highest BCUT2D eigenvalue weighted by Crippen LogP contribution is 2.18. The molecule has 0 saturated carbocycles. The van der Waals surface area contributed by atoms with Gasteiger partial charge in [-0.2, -0.15) is 0 Å². The topological polar surface area (TPSA) is 43.8 Å². The van der Waals surface area contributed by atoms with Crippen molar-refractivity contribution in [3.63, 3.8) is 0 Å². The number of hydrogen-bond donors (Lipinski definition) is 1. The minimum Gasteiger partial charge on any atom is -0.478 e. The van der Waals surface area contributed by atoms with Gasteiger partial charge >= 0.3 is 5.97 Å². The smallest absolute Gasteiger partial charge is 0.335 e. The summed E-state index contributed by atoms with van der Waals surface area (Å²) < 4.78 is 0. The van der Waals surface area contributed by atoms with Crippen LogP contribution < -0.4 is 0 Å². The summed E-state index contributed by atoms with van der Waals surface area (Å²) in [5.74, 6) is -0.866. The molecule has 2 rings (SSSR count). The van der Waals surface area contributed by atoms with Gasteiger partial charge in [-0.3, -0.25) is 4.90 Å². The van der Waals surface area contributed by atoms with E-state index in [1.807, 2.05) is 12.1 Å². The van der Waals surface area contributed by atoms with Gasteiger partial charge in [-0.15, -0.1) is 0 Å². The molecule has 0 radical (unpaired) electrons.